The van der Waals surface area contributed by atoms with Crippen molar-refractivity contribution in [3.63, 3.8) is 0 Å². The third-order valence-corrected chi connectivity index (χ3v) is 6.45. The maximum Gasteiger partial charge on any atom is 0.251 e. The van der Waals surface area contributed by atoms with E-state index in [1.807, 2.05) is 73.3 Å². The average molecular weight is 448 g/mol. The number of aromatic nitrogens is 3. The first kappa shape index (κ1) is 21.7. The fourth-order valence-electron chi connectivity index (χ4n) is 3.34. The molecule has 2 atom stereocenters. The van der Waals surface area contributed by atoms with Gasteiger partial charge in [-0.15, -0.1) is 0 Å². The molecule has 7 nitrogen and oxygen atoms in total. The molecule has 0 unspecified atom stereocenters. The number of hydrogen-bond acceptors (Lipinski definition) is 5. The molecule has 0 bridgehead atoms. The van der Waals surface area contributed by atoms with Gasteiger partial charge in [-0.1, -0.05) is 37.7 Å². The van der Waals surface area contributed by atoms with Crippen molar-refractivity contribution in [1.82, 2.24) is 25.2 Å². The first-order chi connectivity index (χ1) is 15.5. The molecule has 0 aliphatic rings. The van der Waals surface area contributed by atoms with Crippen molar-refractivity contribution < 1.29 is 9.59 Å². The highest BCUT2D eigenvalue weighted by Crippen LogP contribution is 2.26. The van der Waals surface area contributed by atoms with E-state index in [4.69, 9.17) is 0 Å². The summed E-state index contributed by atoms with van der Waals surface area (Å²) in [5, 5.41) is 6.66. The minimum atomic E-state index is -0.635. The van der Waals surface area contributed by atoms with Crippen molar-refractivity contribution in [2.45, 2.75) is 32.9 Å². The third kappa shape index (κ3) is 4.86. The van der Waals surface area contributed by atoms with Crippen LogP contribution in [0, 0.1) is 5.92 Å². The Kier molecular flexibility index (Phi) is 6.61. The zero-order valence-electron chi connectivity index (χ0n) is 18.0. The molecule has 3 aromatic heterocycles. The number of amides is 2. The van der Waals surface area contributed by atoms with Crippen molar-refractivity contribution in [3.05, 3.63) is 78.4 Å². The fourth-order valence-corrected chi connectivity index (χ4v) is 4.31. The average Bonchev–Trinajstić information content (AvgIpc) is 3.50. The lowest BCUT2D eigenvalue weighted by Crippen LogP contribution is -2.50. The number of carbonyl (C=O) groups excluding carboxylic acids is 2. The quantitative estimate of drug-likeness (QED) is 0.428. The molecule has 0 spiro atoms. The Hall–Kier alpha value is -3.52. The molecule has 32 heavy (non-hydrogen) atoms. The summed E-state index contributed by atoms with van der Waals surface area (Å²) in [6, 6.07) is 14.2. The summed E-state index contributed by atoms with van der Waals surface area (Å²) in [4.78, 5) is 34.7. The molecule has 0 aliphatic carbocycles. The van der Waals surface area contributed by atoms with Gasteiger partial charge in [-0.25, -0.2) is 4.98 Å². The van der Waals surface area contributed by atoms with Crippen molar-refractivity contribution >= 4 is 33.4 Å². The van der Waals surface area contributed by atoms with Crippen LogP contribution in [-0.2, 0) is 11.3 Å². The van der Waals surface area contributed by atoms with E-state index in [1.165, 1.54) is 11.3 Å². The summed E-state index contributed by atoms with van der Waals surface area (Å²) in [6.45, 7) is 4.28. The Bertz CT molecular complexity index is 1200. The highest BCUT2D eigenvalue weighted by Gasteiger charge is 2.26. The van der Waals surface area contributed by atoms with E-state index in [-0.39, 0.29) is 17.7 Å². The van der Waals surface area contributed by atoms with Gasteiger partial charge in [0.2, 0.25) is 5.91 Å². The summed E-state index contributed by atoms with van der Waals surface area (Å²) in [5.41, 5.74) is 2.11. The van der Waals surface area contributed by atoms with Crippen molar-refractivity contribution in [2.75, 3.05) is 0 Å². The van der Waals surface area contributed by atoms with Crippen LogP contribution in [0.2, 0.25) is 0 Å². The molecule has 0 radical (unpaired) electrons. The predicted octanol–water partition coefficient (Wildman–Crippen LogP) is 3.94. The zero-order chi connectivity index (χ0) is 22.5. The van der Waals surface area contributed by atoms with Gasteiger partial charge in [-0.3, -0.25) is 14.6 Å². The van der Waals surface area contributed by atoms with Gasteiger partial charge in [0.05, 0.1) is 22.5 Å². The molecule has 2 N–H and O–H groups in total. The van der Waals surface area contributed by atoms with Crippen LogP contribution in [0.1, 0.15) is 36.3 Å². The molecule has 2 amide bonds. The van der Waals surface area contributed by atoms with E-state index in [0.29, 0.717) is 12.1 Å². The Labute approximate surface area is 190 Å². The molecule has 0 saturated carbocycles. The van der Waals surface area contributed by atoms with E-state index >= 15 is 0 Å². The molecule has 0 saturated heterocycles. The topological polar surface area (TPSA) is 88.9 Å². The lowest BCUT2D eigenvalue weighted by molar-refractivity contribution is -0.124. The molecule has 4 rings (SSSR count). The number of nitrogens with one attached hydrogen (secondary N) is 2. The van der Waals surface area contributed by atoms with Gasteiger partial charge >= 0.3 is 0 Å². The second kappa shape index (κ2) is 9.74. The number of hydrogen-bond donors (Lipinski definition) is 2. The lowest BCUT2D eigenvalue weighted by atomic mass is 9.97. The van der Waals surface area contributed by atoms with E-state index in [1.54, 1.807) is 12.3 Å². The fraction of sp³-hybridized carbons (Fsp3) is 0.250. The Balaban J connectivity index is 1.48. The smallest absolute Gasteiger partial charge is 0.251 e. The largest absolute Gasteiger partial charge is 0.349 e. The number of benzene rings is 1. The molecule has 4 aromatic rings. The van der Waals surface area contributed by atoms with E-state index in [9.17, 15) is 9.59 Å². The summed E-state index contributed by atoms with van der Waals surface area (Å²) >= 11 is 1.51. The van der Waals surface area contributed by atoms with Crippen molar-refractivity contribution in [1.29, 1.82) is 0 Å². The van der Waals surface area contributed by atoms with Crippen LogP contribution < -0.4 is 10.6 Å². The monoisotopic (exact) mass is 447 g/mol. The number of nitrogens with zero attached hydrogens (tertiary/aromatic N) is 3. The summed E-state index contributed by atoms with van der Waals surface area (Å²) < 4.78 is 2.86. The molecule has 0 aliphatic heterocycles. The first-order valence-corrected chi connectivity index (χ1v) is 11.4. The van der Waals surface area contributed by atoms with Crippen LogP contribution >= 0.6 is 11.3 Å². The standard InChI is InChI=1S/C24H25N5O2S/c1-3-16(2)21(23(31)26-15-18-8-4-5-11-25-18)28-22(30)17-9-10-19-20(14-17)32-24(27-19)29-12-6-7-13-29/h4-14,16,21H,3,15H2,1-2H3,(H,26,31)(H,28,30)/t16-,21+/m0/s1. The molecular weight excluding hydrogens is 422 g/mol. The normalized spacial score (nSPS) is 12.9. The lowest BCUT2D eigenvalue weighted by Gasteiger charge is -2.23. The second-order valence-corrected chi connectivity index (χ2v) is 8.65. The van der Waals surface area contributed by atoms with Gasteiger partial charge in [0.25, 0.3) is 5.91 Å². The Morgan fingerprint density at radius 1 is 1.12 bits per heavy atom. The molecule has 1 aromatic carbocycles. The highest BCUT2D eigenvalue weighted by molar-refractivity contribution is 7.20. The van der Waals surface area contributed by atoms with Crippen LogP contribution in [0.4, 0.5) is 0 Å². The summed E-state index contributed by atoms with van der Waals surface area (Å²) in [5.74, 6) is -0.511. The number of thiazole rings is 1. The molecular formula is C24H25N5O2S. The van der Waals surface area contributed by atoms with Crippen molar-refractivity contribution in [2.24, 2.45) is 5.92 Å². The van der Waals surface area contributed by atoms with Crippen LogP contribution in [0.5, 0.6) is 0 Å². The maximum atomic E-state index is 13.0. The van der Waals surface area contributed by atoms with E-state index in [0.717, 1.165) is 27.5 Å². The molecule has 8 heteroatoms. The van der Waals surface area contributed by atoms with E-state index in [2.05, 4.69) is 20.6 Å². The van der Waals surface area contributed by atoms with Crippen LogP contribution in [0.15, 0.2) is 67.1 Å². The SMILES string of the molecule is CC[C@H](C)[C@@H](NC(=O)c1ccc2nc(-n3cccc3)sc2c1)C(=O)NCc1ccccn1. The minimum Gasteiger partial charge on any atom is -0.349 e. The maximum absolute atomic E-state index is 13.0. The predicted molar refractivity (Wildman–Crippen MR) is 126 cm³/mol. The Morgan fingerprint density at radius 2 is 1.94 bits per heavy atom. The highest BCUT2D eigenvalue weighted by atomic mass is 32.1. The third-order valence-electron chi connectivity index (χ3n) is 5.42. The van der Waals surface area contributed by atoms with Gasteiger partial charge in [0.1, 0.15) is 6.04 Å². The molecule has 3 heterocycles. The molecule has 164 valence electrons. The Morgan fingerprint density at radius 3 is 2.66 bits per heavy atom. The van der Waals surface area contributed by atoms with Crippen molar-refractivity contribution in [3.8, 4) is 5.13 Å². The summed E-state index contributed by atoms with van der Waals surface area (Å²) in [6.07, 6.45) is 6.32. The van der Waals surface area contributed by atoms with Gasteiger partial charge in [-0.05, 0) is 48.4 Å². The van der Waals surface area contributed by atoms with E-state index < -0.39 is 6.04 Å². The van der Waals surface area contributed by atoms with Gasteiger partial charge in [-0.2, -0.15) is 0 Å². The number of carbonyl (C=O) groups is 2. The van der Waals surface area contributed by atoms with Gasteiger partial charge < -0.3 is 15.2 Å². The van der Waals surface area contributed by atoms with Gasteiger partial charge in [0, 0.05) is 24.2 Å². The molecule has 0 fully saturated rings. The first-order valence-electron chi connectivity index (χ1n) is 10.6. The van der Waals surface area contributed by atoms with Crippen LogP contribution in [-0.4, -0.2) is 32.4 Å². The minimum absolute atomic E-state index is 0.0184. The summed E-state index contributed by atoms with van der Waals surface area (Å²) in [7, 11) is 0. The van der Waals surface area contributed by atoms with Gasteiger partial charge in [0.15, 0.2) is 5.13 Å². The van der Waals surface area contributed by atoms with Crippen LogP contribution in [0.3, 0.4) is 0 Å². The van der Waals surface area contributed by atoms with Crippen LogP contribution in [0.25, 0.3) is 15.3 Å². The number of rotatable bonds is 8. The zero-order valence-corrected chi connectivity index (χ0v) is 18.8. The second-order valence-electron chi connectivity index (χ2n) is 7.64. The number of pyridine rings is 1. The number of fused-ring (bicyclic) bond motifs is 1.